The van der Waals surface area contributed by atoms with Crippen molar-refractivity contribution in [1.82, 2.24) is 0 Å². The summed E-state index contributed by atoms with van der Waals surface area (Å²) in [5, 5.41) is 2.54. The molecule has 0 amide bonds. The zero-order chi connectivity index (χ0) is 19.7. The minimum Gasteiger partial charge on any atom is -0.405 e. The van der Waals surface area contributed by atoms with Gasteiger partial charge in [0.15, 0.2) is 5.79 Å². The van der Waals surface area contributed by atoms with E-state index in [1.54, 1.807) is 0 Å². The Labute approximate surface area is 164 Å². The van der Waals surface area contributed by atoms with Crippen molar-refractivity contribution in [3.63, 3.8) is 0 Å². The summed E-state index contributed by atoms with van der Waals surface area (Å²) >= 11 is 0. The van der Waals surface area contributed by atoms with Crippen LogP contribution in [0, 0.1) is 0 Å². The molecule has 2 aromatic rings. The highest BCUT2D eigenvalue weighted by molar-refractivity contribution is 6.99. The zero-order valence-corrected chi connectivity index (χ0v) is 18.4. The fourth-order valence-corrected chi connectivity index (χ4v) is 8.72. The van der Waals surface area contributed by atoms with Crippen molar-refractivity contribution in [2.45, 2.75) is 64.6 Å². The monoisotopic (exact) mass is 384 g/mol. The van der Waals surface area contributed by atoms with E-state index in [4.69, 9.17) is 13.9 Å². The van der Waals surface area contributed by atoms with Gasteiger partial charge >= 0.3 is 0 Å². The number of hydrogen-bond donors (Lipinski definition) is 0. The summed E-state index contributed by atoms with van der Waals surface area (Å²) in [5.41, 5.74) is 0. The third kappa shape index (κ3) is 4.04. The van der Waals surface area contributed by atoms with E-state index in [0.717, 1.165) is 0 Å². The molecular formula is C23H32O3Si. The van der Waals surface area contributed by atoms with Crippen LogP contribution >= 0.6 is 0 Å². The van der Waals surface area contributed by atoms with Crippen LogP contribution in [-0.4, -0.2) is 32.9 Å². The fraction of sp³-hybridized carbons (Fsp3) is 0.478. The SMILES string of the molecule is C[C@H]1OC(C)(C)O[C@@H]1CO[Si](c1ccccc1)(c1ccccc1)C(C)(C)C. The third-order valence-electron chi connectivity index (χ3n) is 5.31. The van der Waals surface area contributed by atoms with Crippen LogP contribution in [0.3, 0.4) is 0 Å². The van der Waals surface area contributed by atoms with Gasteiger partial charge in [0, 0.05) is 0 Å². The summed E-state index contributed by atoms with van der Waals surface area (Å²) < 4.78 is 19.0. The summed E-state index contributed by atoms with van der Waals surface area (Å²) in [6.45, 7) is 13.4. The number of hydrogen-bond acceptors (Lipinski definition) is 3. The molecule has 2 aromatic carbocycles. The van der Waals surface area contributed by atoms with E-state index in [0.29, 0.717) is 6.61 Å². The average Bonchev–Trinajstić information content (AvgIpc) is 2.88. The predicted octanol–water partition coefficient (Wildman–Crippen LogP) is 4.10. The van der Waals surface area contributed by atoms with Crippen molar-refractivity contribution >= 4 is 18.7 Å². The van der Waals surface area contributed by atoms with E-state index in [2.05, 4.69) is 88.4 Å². The minimum absolute atomic E-state index is 0.0122. The van der Waals surface area contributed by atoms with Crippen molar-refractivity contribution in [2.24, 2.45) is 0 Å². The van der Waals surface area contributed by atoms with E-state index in [-0.39, 0.29) is 17.2 Å². The first-order chi connectivity index (χ1) is 12.7. The number of rotatable bonds is 5. The zero-order valence-electron chi connectivity index (χ0n) is 17.4. The normalized spacial score (nSPS) is 22.7. The lowest BCUT2D eigenvalue weighted by atomic mass is 10.2. The molecule has 0 N–H and O–H groups in total. The Hall–Kier alpha value is -1.46. The number of ether oxygens (including phenoxy) is 2. The maximum Gasteiger partial charge on any atom is 0.261 e. The van der Waals surface area contributed by atoms with Crippen molar-refractivity contribution in [3.05, 3.63) is 60.7 Å². The molecule has 4 heteroatoms. The van der Waals surface area contributed by atoms with Crippen molar-refractivity contribution < 1.29 is 13.9 Å². The maximum absolute atomic E-state index is 6.95. The lowest BCUT2D eigenvalue weighted by Crippen LogP contribution is -2.67. The molecule has 1 heterocycles. The molecule has 0 unspecified atom stereocenters. The molecule has 0 aliphatic carbocycles. The van der Waals surface area contributed by atoms with Crippen molar-refractivity contribution in [1.29, 1.82) is 0 Å². The Balaban J connectivity index is 2.02. The second-order valence-corrected chi connectivity index (χ2v) is 13.2. The van der Waals surface area contributed by atoms with Gasteiger partial charge < -0.3 is 13.9 Å². The van der Waals surface area contributed by atoms with Gasteiger partial charge in [0.2, 0.25) is 0 Å². The van der Waals surface area contributed by atoms with Crippen LogP contribution in [0.5, 0.6) is 0 Å². The first-order valence-corrected chi connectivity index (χ1v) is 11.7. The van der Waals surface area contributed by atoms with Crippen LogP contribution < -0.4 is 10.4 Å². The molecule has 1 aliphatic heterocycles. The highest BCUT2D eigenvalue weighted by Gasteiger charge is 2.51. The van der Waals surface area contributed by atoms with Gasteiger partial charge in [-0.15, -0.1) is 0 Å². The molecule has 0 aromatic heterocycles. The molecule has 3 nitrogen and oxygen atoms in total. The number of benzene rings is 2. The second-order valence-electron chi connectivity index (χ2n) is 8.85. The van der Waals surface area contributed by atoms with Gasteiger partial charge in [-0.3, -0.25) is 0 Å². The third-order valence-corrected chi connectivity index (χ3v) is 10.3. The molecule has 1 fully saturated rings. The second kappa shape index (κ2) is 7.51. The van der Waals surface area contributed by atoms with Gasteiger partial charge in [0.05, 0.1) is 12.7 Å². The van der Waals surface area contributed by atoms with E-state index < -0.39 is 14.1 Å². The van der Waals surface area contributed by atoms with Crippen LogP contribution in [-0.2, 0) is 13.9 Å². The van der Waals surface area contributed by atoms with Gasteiger partial charge in [-0.25, -0.2) is 0 Å². The van der Waals surface area contributed by atoms with Crippen LogP contribution in [0.4, 0.5) is 0 Å². The molecule has 0 bridgehead atoms. The Kier molecular flexibility index (Phi) is 5.64. The van der Waals surface area contributed by atoms with E-state index in [1.165, 1.54) is 10.4 Å². The van der Waals surface area contributed by atoms with Crippen molar-refractivity contribution in [2.75, 3.05) is 6.61 Å². The van der Waals surface area contributed by atoms with Gasteiger partial charge in [-0.1, -0.05) is 81.4 Å². The largest absolute Gasteiger partial charge is 0.405 e. The first-order valence-electron chi connectivity index (χ1n) is 9.76. The maximum atomic E-state index is 6.95. The topological polar surface area (TPSA) is 27.7 Å². The Morgan fingerprint density at radius 2 is 1.37 bits per heavy atom. The van der Waals surface area contributed by atoms with E-state index >= 15 is 0 Å². The predicted molar refractivity (Wildman–Crippen MR) is 113 cm³/mol. The first kappa shape index (κ1) is 20.3. The summed E-state index contributed by atoms with van der Waals surface area (Å²) in [7, 11) is -2.53. The lowest BCUT2D eigenvalue weighted by molar-refractivity contribution is -0.147. The Morgan fingerprint density at radius 1 is 0.889 bits per heavy atom. The molecule has 27 heavy (non-hydrogen) atoms. The molecular weight excluding hydrogens is 352 g/mol. The standard InChI is InChI=1S/C23H32O3Si/c1-18-21(26-23(5,6)25-18)17-24-27(22(2,3)4,19-13-9-7-10-14-19)20-15-11-8-12-16-20/h7-16,18,21H,17H2,1-6H3/t18-,21-/m1/s1. The highest BCUT2D eigenvalue weighted by Crippen LogP contribution is 2.38. The lowest BCUT2D eigenvalue weighted by Gasteiger charge is -2.43. The summed E-state index contributed by atoms with van der Waals surface area (Å²) in [5.74, 6) is -0.557. The summed E-state index contributed by atoms with van der Waals surface area (Å²) in [6.07, 6.45) is -0.0557. The molecule has 146 valence electrons. The van der Waals surface area contributed by atoms with Gasteiger partial charge in [0.1, 0.15) is 6.10 Å². The van der Waals surface area contributed by atoms with Crippen LogP contribution in [0.15, 0.2) is 60.7 Å². The molecule has 2 atom stereocenters. The van der Waals surface area contributed by atoms with Gasteiger partial charge in [-0.2, -0.15) is 0 Å². The smallest absolute Gasteiger partial charge is 0.261 e. The molecule has 3 rings (SSSR count). The summed E-state index contributed by atoms with van der Waals surface area (Å²) in [6, 6.07) is 21.4. The quantitative estimate of drug-likeness (QED) is 0.726. The molecule has 0 saturated carbocycles. The van der Waals surface area contributed by atoms with Crippen LogP contribution in [0.2, 0.25) is 5.04 Å². The molecule has 1 aliphatic rings. The van der Waals surface area contributed by atoms with Crippen LogP contribution in [0.25, 0.3) is 0 Å². The highest BCUT2D eigenvalue weighted by atomic mass is 28.4. The Bertz CT molecular complexity index is 698. The van der Waals surface area contributed by atoms with E-state index in [9.17, 15) is 0 Å². The summed E-state index contributed by atoms with van der Waals surface area (Å²) in [4.78, 5) is 0. The Morgan fingerprint density at radius 3 is 1.74 bits per heavy atom. The minimum atomic E-state index is -2.53. The van der Waals surface area contributed by atoms with Gasteiger partial charge in [-0.05, 0) is 36.2 Å². The molecule has 0 radical (unpaired) electrons. The van der Waals surface area contributed by atoms with Crippen molar-refractivity contribution in [3.8, 4) is 0 Å². The van der Waals surface area contributed by atoms with Gasteiger partial charge in [0.25, 0.3) is 8.32 Å². The van der Waals surface area contributed by atoms with Crippen LogP contribution in [0.1, 0.15) is 41.5 Å². The molecule has 1 saturated heterocycles. The fourth-order valence-electron chi connectivity index (χ4n) is 4.15. The molecule has 0 spiro atoms. The average molecular weight is 385 g/mol. The van der Waals surface area contributed by atoms with E-state index in [1.807, 2.05) is 13.8 Å².